The Bertz CT molecular complexity index is 462. The van der Waals surface area contributed by atoms with Crippen LogP contribution in [-0.2, 0) is 6.42 Å². The molecule has 1 N–H and O–H groups in total. The molecule has 0 saturated carbocycles. The molecule has 0 saturated heterocycles. The van der Waals surface area contributed by atoms with Crippen molar-refractivity contribution in [2.24, 2.45) is 0 Å². The maximum Gasteiger partial charge on any atom is 0.389 e. The predicted octanol–water partition coefficient (Wildman–Crippen LogP) is 1.85. The quantitative estimate of drug-likeness (QED) is 0.833. The summed E-state index contributed by atoms with van der Waals surface area (Å²) in [5.74, 6) is 0.159. The number of aromatic amines is 1. The predicted molar refractivity (Wildman–Crippen MR) is 46.1 cm³/mol. The number of hydrogen-bond donors (Lipinski definition) is 1. The van der Waals surface area contributed by atoms with Gasteiger partial charge in [-0.05, 0) is 0 Å². The molecule has 2 aromatic heterocycles. The summed E-state index contributed by atoms with van der Waals surface area (Å²) >= 11 is 0. The molecule has 15 heavy (non-hydrogen) atoms. The molecule has 0 spiro atoms. The van der Waals surface area contributed by atoms with Gasteiger partial charge >= 0.3 is 6.18 Å². The molecule has 0 aliphatic rings. The van der Waals surface area contributed by atoms with E-state index in [1.807, 2.05) is 0 Å². The van der Waals surface area contributed by atoms with Gasteiger partial charge in [0, 0.05) is 6.42 Å². The monoisotopic (exact) mass is 216 g/mol. The van der Waals surface area contributed by atoms with E-state index in [-0.39, 0.29) is 12.2 Å². The summed E-state index contributed by atoms with van der Waals surface area (Å²) in [7, 11) is 0. The van der Waals surface area contributed by atoms with Crippen molar-refractivity contribution in [2.75, 3.05) is 0 Å². The van der Waals surface area contributed by atoms with Gasteiger partial charge in [-0.3, -0.25) is 0 Å². The van der Waals surface area contributed by atoms with Gasteiger partial charge in [0.2, 0.25) is 0 Å². The second-order valence-electron chi connectivity index (χ2n) is 3.04. The minimum atomic E-state index is -4.18. The van der Waals surface area contributed by atoms with Crippen molar-refractivity contribution in [3.05, 3.63) is 18.3 Å². The number of rotatable bonds is 2. The fourth-order valence-electron chi connectivity index (χ4n) is 1.15. The average molecular weight is 216 g/mol. The Labute approximate surface area is 82.6 Å². The van der Waals surface area contributed by atoms with Gasteiger partial charge in [0.05, 0.1) is 18.9 Å². The Morgan fingerprint density at radius 3 is 2.80 bits per heavy atom. The van der Waals surface area contributed by atoms with Crippen LogP contribution in [0.1, 0.15) is 12.2 Å². The molecular weight excluding hydrogens is 209 g/mol. The number of aryl methyl sites for hydroxylation is 1. The van der Waals surface area contributed by atoms with E-state index in [1.54, 1.807) is 0 Å². The van der Waals surface area contributed by atoms with Crippen LogP contribution >= 0.6 is 0 Å². The van der Waals surface area contributed by atoms with Gasteiger partial charge in [-0.2, -0.15) is 13.2 Å². The minimum absolute atomic E-state index is 0.159. The SMILES string of the molecule is FC(F)(F)CCc1ncc2[nH]cnc2n1. The van der Waals surface area contributed by atoms with E-state index in [1.165, 1.54) is 12.5 Å². The minimum Gasteiger partial charge on any atom is -0.342 e. The lowest BCUT2D eigenvalue weighted by Gasteiger charge is -2.04. The van der Waals surface area contributed by atoms with E-state index in [0.717, 1.165) is 0 Å². The van der Waals surface area contributed by atoms with Crippen LogP contribution in [0.5, 0.6) is 0 Å². The number of fused-ring (bicyclic) bond motifs is 1. The van der Waals surface area contributed by atoms with E-state index in [2.05, 4.69) is 19.9 Å². The van der Waals surface area contributed by atoms with Crippen molar-refractivity contribution in [3.63, 3.8) is 0 Å². The van der Waals surface area contributed by atoms with Gasteiger partial charge in [0.1, 0.15) is 11.3 Å². The number of H-pyrrole nitrogens is 1. The summed E-state index contributed by atoms with van der Waals surface area (Å²) in [5.41, 5.74) is 1.01. The Morgan fingerprint density at radius 2 is 2.07 bits per heavy atom. The first-order valence-electron chi connectivity index (χ1n) is 4.26. The second kappa shape index (κ2) is 3.48. The van der Waals surface area contributed by atoms with Gasteiger partial charge in [0.25, 0.3) is 0 Å². The maximum atomic E-state index is 11.9. The van der Waals surface area contributed by atoms with Crippen molar-refractivity contribution in [1.82, 2.24) is 19.9 Å². The molecule has 0 aliphatic carbocycles. The molecule has 2 heterocycles. The fourth-order valence-corrected chi connectivity index (χ4v) is 1.15. The van der Waals surface area contributed by atoms with Crippen molar-refractivity contribution in [3.8, 4) is 0 Å². The van der Waals surface area contributed by atoms with Crippen LogP contribution in [0.3, 0.4) is 0 Å². The lowest BCUT2D eigenvalue weighted by atomic mass is 10.3. The normalized spacial score (nSPS) is 12.2. The van der Waals surface area contributed by atoms with E-state index < -0.39 is 12.6 Å². The molecule has 0 atom stereocenters. The van der Waals surface area contributed by atoms with Crippen LogP contribution in [-0.4, -0.2) is 26.1 Å². The van der Waals surface area contributed by atoms with E-state index in [9.17, 15) is 13.2 Å². The molecular formula is C8H7F3N4. The Hall–Kier alpha value is -1.66. The standard InChI is InChI=1S/C8H7F3N4/c9-8(10,11)2-1-6-12-3-5-7(15-6)14-4-13-5/h3-4H,1-2H2,(H,12,13,14,15). The van der Waals surface area contributed by atoms with Gasteiger partial charge in [0.15, 0.2) is 5.65 Å². The smallest absolute Gasteiger partial charge is 0.342 e. The van der Waals surface area contributed by atoms with E-state index in [4.69, 9.17) is 0 Å². The molecule has 0 radical (unpaired) electrons. The number of alkyl halides is 3. The van der Waals surface area contributed by atoms with E-state index in [0.29, 0.717) is 11.2 Å². The second-order valence-corrected chi connectivity index (χ2v) is 3.04. The van der Waals surface area contributed by atoms with Crippen LogP contribution in [0, 0.1) is 0 Å². The zero-order valence-corrected chi connectivity index (χ0v) is 7.54. The number of aromatic nitrogens is 4. The highest BCUT2D eigenvalue weighted by molar-refractivity contribution is 5.67. The lowest BCUT2D eigenvalue weighted by molar-refractivity contribution is -0.134. The molecule has 80 valence electrons. The average Bonchev–Trinajstić information content (AvgIpc) is 2.60. The van der Waals surface area contributed by atoms with Gasteiger partial charge in [-0.25, -0.2) is 15.0 Å². The maximum absolute atomic E-state index is 11.9. The molecule has 0 aromatic carbocycles. The molecule has 0 bridgehead atoms. The van der Waals surface area contributed by atoms with Crippen LogP contribution in [0.25, 0.3) is 11.2 Å². The van der Waals surface area contributed by atoms with Crippen molar-refractivity contribution < 1.29 is 13.2 Å². The third-order valence-electron chi connectivity index (χ3n) is 1.86. The van der Waals surface area contributed by atoms with Crippen molar-refractivity contribution in [1.29, 1.82) is 0 Å². The Balaban J connectivity index is 2.15. The third-order valence-corrected chi connectivity index (χ3v) is 1.86. The fraction of sp³-hybridized carbons (Fsp3) is 0.375. The molecule has 7 heteroatoms. The zero-order valence-electron chi connectivity index (χ0n) is 7.54. The Kier molecular flexibility index (Phi) is 2.29. The molecule has 0 aliphatic heterocycles. The van der Waals surface area contributed by atoms with Gasteiger partial charge < -0.3 is 4.98 Å². The van der Waals surface area contributed by atoms with Gasteiger partial charge in [-0.15, -0.1) is 0 Å². The number of nitrogens with one attached hydrogen (secondary N) is 1. The van der Waals surface area contributed by atoms with Crippen LogP contribution in [0.15, 0.2) is 12.5 Å². The molecule has 2 aromatic rings. The molecule has 4 nitrogen and oxygen atoms in total. The van der Waals surface area contributed by atoms with Crippen molar-refractivity contribution >= 4 is 11.2 Å². The molecule has 2 rings (SSSR count). The highest BCUT2D eigenvalue weighted by atomic mass is 19.4. The zero-order chi connectivity index (χ0) is 10.9. The first-order valence-corrected chi connectivity index (χ1v) is 4.26. The first-order chi connectivity index (χ1) is 7.04. The Morgan fingerprint density at radius 1 is 1.27 bits per heavy atom. The summed E-state index contributed by atoms with van der Waals surface area (Å²) < 4.78 is 35.8. The number of hydrogen-bond acceptors (Lipinski definition) is 3. The topological polar surface area (TPSA) is 54.5 Å². The third kappa shape index (κ3) is 2.42. The number of nitrogens with zero attached hydrogens (tertiary/aromatic N) is 3. The largest absolute Gasteiger partial charge is 0.389 e. The summed E-state index contributed by atoms with van der Waals surface area (Å²) in [6.45, 7) is 0. The summed E-state index contributed by atoms with van der Waals surface area (Å²) in [6, 6.07) is 0. The first kappa shape index (κ1) is 9.88. The van der Waals surface area contributed by atoms with Crippen molar-refractivity contribution in [2.45, 2.75) is 19.0 Å². The van der Waals surface area contributed by atoms with Crippen LogP contribution in [0.4, 0.5) is 13.2 Å². The highest BCUT2D eigenvalue weighted by Gasteiger charge is 2.27. The lowest BCUT2D eigenvalue weighted by Crippen LogP contribution is -2.10. The van der Waals surface area contributed by atoms with Crippen LogP contribution in [0.2, 0.25) is 0 Å². The van der Waals surface area contributed by atoms with Gasteiger partial charge in [-0.1, -0.05) is 0 Å². The summed E-state index contributed by atoms with van der Waals surface area (Å²) in [5, 5.41) is 0. The molecule has 0 amide bonds. The van der Waals surface area contributed by atoms with Crippen LogP contribution < -0.4 is 0 Å². The molecule has 0 fully saturated rings. The van der Waals surface area contributed by atoms with E-state index >= 15 is 0 Å². The summed E-state index contributed by atoms with van der Waals surface area (Å²) in [6.07, 6.45) is -2.45. The number of imidazole rings is 1. The molecule has 0 unspecified atom stereocenters. The number of halogens is 3. The highest BCUT2D eigenvalue weighted by Crippen LogP contribution is 2.21. The summed E-state index contributed by atoms with van der Waals surface area (Å²) in [4.78, 5) is 14.3.